The Balaban J connectivity index is 0.00000128. The number of piperidine rings is 1. The van der Waals surface area contributed by atoms with Gasteiger partial charge >= 0.3 is 0 Å². The van der Waals surface area contributed by atoms with Gasteiger partial charge in [0.2, 0.25) is 5.88 Å². The molecule has 1 fully saturated rings. The summed E-state index contributed by atoms with van der Waals surface area (Å²) in [5.41, 5.74) is 0. The van der Waals surface area contributed by atoms with Crippen molar-refractivity contribution >= 4 is 28.3 Å². The first-order chi connectivity index (χ1) is 7.34. The highest BCUT2D eigenvalue weighted by atomic mass is 79.9. The minimum atomic E-state index is 0. The second kappa shape index (κ2) is 7.04. The molecule has 1 aromatic heterocycles. The smallest absolute Gasteiger partial charge is 0.232 e. The molecule has 16 heavy (non-hydrogen) atoms. The van der Waals surface area contributed by atoms with Gasteiger partial charge in [-0.05, 0) is 47.8 Å². The fraction of sp³-hybridized carbons (Fsp3) is 0.600. The van der Waals surface area contributed by atoms with Crippen molar-refractivity contribution in [2.24, 2.45) is 5.92 Å². The number of rotatable bonds is 3. The number of aromatic nitrogens is 2. The molecular formula is C10H15BrClN3O. The van der Waals surface area contributed by atoms with E-state index in [9.17, 15) is 0 Å². The zero-order valence-corrected chi connectivity index (χ0v) is 11.3. The largest absolute Gasteiger partial charge is 0.476 e. The number of hydrogen-bond acceptors (Lipinski definition) is 4. The van der Waals surface area contributed by atoms with Crippen LogP contribution in [0, 0.1) is 5.92 Å². The van der Waals surface area contributed by atoms with Crippen LogP contribution in [0.3, 0.4) is 0 Å². The fourth-order valence-electron chi connectivity index (χ4n) is 1.63. The standard InChI is InChI=1S/C10H14BrN3O.ClH/c11-9-5-14-10(6-13-9)15-7-8-1-3-12-4-2-8;/h5-6,8,12H,1-4,7H2;1H. The van der Waals surface area contributed by atoms with Crippen LogP contribution >= 0.6 is 28.3 Å². The number of nitrogens with one attached hydrogen (secondary N) is 1. The third-order valence-corrected chi connectivity index (χ3v) is 2.93. The molecule has 1 aliphatic rings. The number of halogens is 2. The maximum absolute atomic E-state index is 5.58. The van der Waals surface area contributed by atoms with Gasteiger partial charge < -0.3 is 10.1 Å². The van der Waals surface area contributed by atoms with Crippen molar-refractivity contribution in [1.29, 1.82) is 0 Å². The molecule has 0 spiro atoms. The van der Waals surface area contributed by atoms with Crippen molar-refractivity contribution in [3.63, 3.8) is 0 Å². The Bertz CT molecular complexity index is 303. The van der Waals surface area contributed by atoms with E-state index in [1.54, 1.807) is 12.4 Å². The molecule has 1 saturated heterocycles. The van der Waals surface area contributed by atoms with E-state index in [0.717, 1.165) is 24.3 Å². The van der Waals surface area contributed by atoms with Crippen LogP contribution in [0.2, 0.25) is 0 Å². The molecule has 4 nitrogen and oxygen atoms in total. The van der Waals surface area contributed by atoms with Crippen molar-refractivity contribution in [2.75, 3.05) is 19.7 Å². The first-order valence-electron chi connectivity index (χ1n) is 5.15. The van der Waals surface area contributed by atoms with Crippen LogP contribution < -0.4 is 10.1 Å². The van der Waals surface area contributed by atoms with E-state index in [2.05, 4.69) is 31.2 Å². The third kappa shape index (κ3) is 4.23. The van der Waals surface area contributed by atoms with Gasteiger partial charge in [0.25, 0.3) is 0 Å². The summed E-state index contributed by atoms with van der Waals surface area (Å²) in [7, 11) is 0. The Morgan fingerprint density at radius 2 is 2.06 bits per heavy atom. The second-order valence-electron chi connectivity index (χ2n) is 3.68. The lowest BCUT2D eigenvalue weighted by Crippen LogP contribution is -2.30. The van der Waals surface area contributed by atoms with Crippen LogP contribution in [-0.4, -0.2) is 29.7 Å². The predicted molar refractivity (Wildman–Crippen MR) is 68.1 cm³/mol. The number of nitrogens with zero attached hydrogens (tertiary/aromatic N) is 2. The minimum Gasteiger partial charge on any atom is -0.476 e. The summed E-state index contributed by atoms with van der Waals surface area (Å²) in [6.45, 7) is 2.94. The fourth-order valence-corrected chi connectivity index (χ4v) is 1.83. The molecule has 6 heteroatoms. The first-order valence-corrected chi connectivity index (χ1v) is 5.95. The SMILES string of the molecule is Brc1cnc(OCC2CCNCC2)cn1.Cl. The van der Waals surface area contributed by atoms with E-state index in [-0.39, 0.29) is 12.4 Å². The molecule has 90 valence electrons. The number of ether oxygens (including phenoxy) is 1. The minimum absolute atomic E-state index is 0. The van der Waals surface area contributed by atoms with Crippen molar-refractivity contribution < 1.29 is 4.74 Å². The van der Waals surface area contributed by atoms with Crippen LogP contribution in [0.1, 0.15) is 12.8 Å². The van der Waals surface area contributed by atoms with E-state index in [1.165, 1.54) is 12.8 Å². The molecule has 0 saturated carbocycles. The van der Waals surface area contributed by atoms with Crippen LogP contribution in [0.5, 0.6) is 5.88 Å². The summed E-state index contributed by atoms with van der Waals surface area (Å²) >= 11 is 3.24. The summed E-state index contributed by atoms with van der Waals surface area (Å²) in [6.07, 6.45) is 5.66. The van der Waals surface area contributed by atoms with Crippen molar-refractivity contribution in [3.05, 3.63) is 17.0 Å². The normalized spacial score (nSPS) is 16.6. The molecule has 0 amide bonds. The van der Waals surface area contributed by atoms with Crippen LogP contribution in [-0.2, 0) is 0 Å². The molecule has 0 unspecified atom stereocenters. The molecule has 1 aromatic rings. The van der Waals surface area contributed by atoms with Gasteiger partial charge in [-0.15, -0.1) is 12.4 Å². The van der Waals surface area contributed by atoms with Crippen LogP contribution in [0.15, 0.2) is 17.0 Å². The first kappa shape index (κ1) is 13.7. The summed E-state index contributed by atoms with van der Waals surface area (Å²) in [5, 5.41) is 3.33. The maximum Gasteiger partial charge on any atom is 0.232 e. The summed E-state index contributed by atoms with van der Waals surface area (Å²) in [5.74, 6) is 1.26. The van der Waals surface area contributed by atoms with Gasteiger partial charge in [-0.1, -0.05) is 0 Å². The molecule has 1 N–H and O–H groups in total. The van der Waals surface area contributed by atoms with Crippen LogP contribution in [0.25, 0.3) is 0 Å². The highest BCUT2D eigenvalue weighted by molar-refractivity contribution is 9.10. The Kier molecular flexibility index (Phi) is 6.01. The lowest BCUT2D eigenvalue weighted by Gasteiger charge is -2.22. The van der Waals surface area contributed by atoms with Crippen molar-refractivity contribution in [1.82, 2.24) is 15.3 Å². The van der Waals surface area contributed by atoms with Gasteiger partial charge in [-0.25, -0.2) is 9.97 Å². The number of hydrogen-bond donors (Lipinski definition) is 1. The van der Waals surface area contributed by atoms with Crippen LogP contribution in [0.4, 0.5) is 0 Å². The summed E-state index contributed by atoms with van der Waals surface area (Å²) in [6, 6.07) is 0. The third-order valence-electron chi connectivity index (χ3n) is 2.52. The molecule has 2 rings (SSSR count). The summed E-state index contributed by atoms with van der Waals surface area (Å²) in [4.78, 5) is 8.18. The zero-order chi connectivity index (χ0) is 10.5. The summed E-state index contributed by atoms with van der Waals surface area (Å²) < 4.78 is 6.31. The van der Waals surface area contributed by atoms with E-state index in [1.807, 2.05) is 0 Å². The van der Waals surface area contributed by atoms with Gasteiger partial charge in [0.15, 0.2) is 0 Å². The molecule has 0 aliphatic carbocycles. The molecule has 0 radical (unpaired) electrons. The molecule has 2 heterocycles. The monoisotopic (exact) mass is 307 g/mol. The Morgan fingerprint density at radius 1 is 1.31 bits per heavy atom. The van der Waals surface area contributed by atoms with E-state index >= 15 is 0 Å². The van der Waals surface area contributed by atoms with Crippen molar-refractivity contribution in [2.45, 2.75) is 12.8 Å². The van der Waals surface area contributed by atoms with E-state index in [0.29, 0.717) is 11.8 Å². The van der Waals surface area contributed by atoms with E-state index < -0.39 is 0 Å². The highest BCUT2D eigenvalue weighted by Crippen LogP contribution is 2.14. The van der Waals surface area contributed by atoms with Crippen molar-refractivity contribution in [3.8, 4) is 5.88 Å². The predicted octanol–water partition coefficient (Wildman–Crippen LogP) is 2.04. The lowest BCUT2D eigenvalue weighted by atomic mass is 9.99. The van der Waals surface area contributed by atoms with E-state index in [4.69, 9.17) is 4.74 Å². The average Bonchev–Trinajstić information content (AvgIpc) is 2.30. The topological polar surface area (TPSA) is 47.0 Å². The van der Waals surface area contributed by atoms with Gasteiger partial charge in [-0.3, -0.25) is 0 Å². The molecule has 0 bridgehead atoms. The Morgan fingerprint density at radius 3 is 2.69 bits per heavy atom. The van der Waals surface area contributed by atoms with Gasteiger partial charge in [0, 0.05) is 0 Å². The maximum atomic E-state index is 5.58. The van der Waals surface area contributed by atoms with Gasteiger partial charge in [0.05, 0.1) is 19.0 Å². The Hall–Kier alpha value is -0.390. The molecule has 0 atom stereocenters. The Labute approximate surface area is 110 Å². The molecule has 1 aliphatic heterocycles. The van der Waals surface area contributed by atoms with Gasteiger partial charge in [-0.2, -0.15) is 0 Å². The zero-order valence-electron chi connectivity index (χ0n) is 8.86. The highest BCUT2D eigenvalue weighted by Gasteiger charge is 2.13. The lowest BCUT2D eigenvalue weighted by molar-refractivity contribution is 0.208. The second-order valence-corrected chi connectivity index (χ2v) is 4.49. The quantitative estimate of drug-likeness (QED) is 0.928. The molecule has 0 aromatic carbocycles. The van der Waals surface area contributed by atoms with Gasteiger partial charge in [0.1, 0.15) is 4.60 Å². The average molecular weight is 309 g/mol. The molecular weight excluding hydrogens is 293 g/mol.